The second-order valence-electron chi connectivity index (χ2n) is 7.11. The molecule has 7 nitrogen and oxygen atoms in total. The molecule has 2 N–H and O–H groups in total. The van der Waals surface area contributed by atoms with Crippen molar-refractivity contribution in [3.8, 4) is 0 Å². The normalized spacial score (nSPS) is 11.9. The van der Waals surface area contributed by atoms with Crippen LogP contribution in [0.25, 0.3) is 21.8 Å². The molecular weight excluding hydrogens is 400 g/mol. The van der Waals surface area contributed by atoms with E-state index < -0.39 is 11.7 Å². The number of nitrogens with one attached hydrogen (secondary N) is 2. The molecule has 0 radical (unpaired) electrons. The SMILES string of the molecule is Cc1n[nH]c2c1c(=O)n(CCNC(=O)OC(C)(C)C)c1ccc(Br)cc21. The van der Waals surface area contributed by atoms with E-state index in [0.29, 0.717) is 17.6 Å². The fourth-order valence-electron chi connectivity index (χ4n) is 2.88. The highest BCUT2D eigenvalue weighted by atomic mass is 79.9. The first kappa shape index (κ1) is 18.4. The van der Waals surface area contributed by atoms with Gasteiger partial charge in [-0.25, -0.2) is 4.79 Å². The van der Waals surface area contributed by atoms with Gasteiger partial charge in [0.05, 0.1) is 22.1 Å². The third-order valence-corrected chi connectivity index (χ3v) is 4.42. The second kappa shape index (κ2) is 6.75. The van der Waals surface area contributed by atoms with Gasteiger partial charge in [0.25, 0.3) is 5.56 Å². The van der Waals surface area contributed by atoms with Crippen LogP contribution in [0, 0.1) is 6.92 Å². The maximum Gasteiger partial charge on any atom is 0.407 e. The lowest BCUT2D eigenvalue weighted by Crippen LogP contribution is -2.35. The van der Waals surface area contributed by atoms with Gasteiger partial charge in [-0.2, -0.15) is 5.10 Å². The maximum absolute atomic E-state index is 13.0. The summed E-state index contributed by atoms with van der Waals surface area (Å²) in [7, 11) is 0. The molecule has 2 aromatic heterocycles. The van der Waals surface area contributed by atoms with Crippen LogP contribution in [0.3, 0.4) is 0 Å². The molecule has 8 heteroatoms. The van der Waals surface area contributed by atoms with Crippen LogP contribution in [-0.4, -0.2) is 33.0 Å². The van der Waals surface area contributed by atoms with E-state index >= 15 is 0 Å². The van der Waals surface area contributed by atoms with Crippen LogP contribution in [0.15, 0.2) is 27.5 Å². The molecule has 0 bridgehead atoms. The van der Waals surface area contributed by atoms with Crippen LogP contribution >= 0.6 is 15.9 Å². The number of amides is 1. The van der Waals surface area contributed by atoms with Crippen molar-refractivity contribution < 1.29 is 9.53 Å². The molecule has 0 aliphatic carbocycles. The Bertz CT molecular complexity index is 1050. The van der Waals surface area contributed by atoms with E-state index in [4.69, 9.17) is 4.74 Å². The molecule has 0 saturated carbocycles. The molecule has 3 rings (SSSR count). The largest absolute Gasteiger partial charge is 0.444 e. The van der Waals surface area contributed by atoms with Crippen LogP contribution < -0.4 is 10.9 Å². The number of carbonyl (C=O) groups excluding carboxylic acids is 1. The van der Waals surface area contributed by atoms with Gasteiger partial charge in [-0.05, 0) is 45.9 Å². The Balaban J connectivity index is 1.97. The van der Waals surface area contributed by atoms with Crippen molar-refractivity contribution in [2.75, 3.05) is 6.54 Å². The van der Waals surface area contributed by atoms with Crippen LogP contribution in [0.5, 0.6) is 0 Å². The van der Waals surface area contributed by atoms with Crippen LogP contribution in [0.4, 0.5) is 4.79 Å². The Hall–Kier alpha value is -2.35. The van der Waals surface area contributed by atoms with Gasteiger partial charge in [0.15, 0.2) is 0 Å². The number of ether oxygens (including phenoxy) is 1. The van der Waals surface area contributed by atoms with Gasteiger partial charge in [-0.3, -0.25) is 9.89 Å². The van der Waals surface area contributed by atoms with Crippen molar-refractivity contribution in [1.29, 1.82) is 0 Å². The number of aromatic nitrogens is 3. The fourth-order valence-corrected chi connectivity index (χ4v) is 3.24. The standard InChI is InChI=1S/C18H21BrN4O3/c1-10-14-15(22-21-10)12-9-11(19)5-6-13(12)23(16(14)24)8-7-20-17(25)26-18(2,3)4/h5-6,9H,7-8H2,1-4H3,(H,20,25)(H,21,22). The van der Waals surface area contributed by atoms with E-state index in [9.17, 15) is 9.59 Å². The summed E-state index contributed by atoms with van der Waals surface area (Å²) < 4.78 is 7.80. The minimum Gasteiger partial charge on any atom is -0.444 e. The Labute approximate surface area is 158 Å². The van der Waals surface area contributed by atoms with Gasteiger partial charge in [0.1, 0.15) is 5.60 Å². The Morgan fingerprint density at radius 2 is 2.12 bits per heavy atom. The summed E-state index contributed by atoms with van der Waals surface area (Å²) in [5.41, 5.74) is 1.46. The predicted molar refractivity (Wildman–Crippen MR) is 105 cm³/mol. The highest BCUT2D eigenvalue weighted by molar-refractivity contribution is 9.10. The lowest BCUT2D eigenvalue weighted by Gasteiger charge is -2.20. The zero-order valence-electron chi connectivity index (χ0n) is 15.1. The van der Waals surface area contributed by atoms with Crippen molar-refractivity contribution in [3.63, 3.8) is 0 Å². The number of benzene rings is 1. The van der Waals surface area contributed by atoms with Crippen LogP contribution in [-0.2, 0) is 11.3 Å². The average Bonchev–Trinajstić information content (AvgIpc) is 2.91. The summed E-state index contributed by atoms with van der Waals surface area (Å²) in [5, 5.41) is 11.3. The molecule has 0 atom stereocenters. The summed E-state index contributed by atoms with van der Waals surface area (Å²) in [4.78, 5) is 24.8. The first-order chi connectivity index (χ1) is 12.2. The van der Waals surface area contributed by atoms with E-state index in [1.54, 1.807) is 32.3 Å². The fraction of sp³-hybridized carbons (Fsp3) is 0.389. The van der Waals surface area contributed by atoms with Gasteiger partial charge in [-0.1, -0.05) is 15.9 Å². The minimum absolute atomic E-state index is 0.132. The van der Waals surface area contributed by atoms with Crippen molar-refractivity contribution >= 4 is 43.8 Å². The highest BCUT2D eigenvalue weighted by Crippen LogP contribution is 2.25. The Morgan fingerprint density at radius 3 is 2.81 bits per heavy atom. The number of aryl methyl sites for hydroxylation is 1. The summed E-state index contributed by atoms with van der Waals surface area (Å²) in [6, 6.07) is 5.71. The Morgan fingerprint density at radius 1 is 1.38 bits per heavy atom. The number of hydrogen-bond acceptors (Lipinski definition) is 4. The van der Waals surface area contributed by atoms with Crippen LogP contribution in [0.2, 0.25) is 0 Å². The molecule has 0 fully saturated rings. The van der Waals surface area contributed by atoms with Crippen molar-refractivity contribution in [2.45, 2.75) is 39.8 Å². The lowest BCUT2D eigenvalue weighted by atomic mass is 10.1. The number of halogens is 1. The van der Waals surface area contributed by atoms with Crippen LogP contribution in [0.1, 0.15) is 26.5 Å². The number of carbonyl (C=O) groups is 1. The molecular formula is C18H21BrN4O3. The molecule has 0 aliphatic rings. The smallest absolute Gasteiger partial charge is 0.407 e. The number of pyridine rings is 1. The van der Waals surface area contributed by atoms with E-state index in [0.717, 1.165) is 20.9 Å². The number of alkyl carbamates (subject to hydrolysis) is 1. The molecule has 2 heterocycles. The molecule has 0 aliphatic heterocycles. The van der Waals surface area contributed by atoms with Gasteiger partial charge < -0.3 is 14.6 Å². The summed E-state index contributed by atoms with van der Waals surface area (Å²) in [5.74, 6) is 0. The van der Waals surface area contributed by atoms with Crippen molar-refractivity contribution in [2.24, 2.45) is 0 Å². The number of aromatic amines is 1. The maximum atomic E-state index is 13.0. The molecule has 0 spiro atoms. The zero-order chi connectivity index (χ0) is 19.1. The lowest BCUT2D eigenvalue weighted by molar-refractivity contribution is 0.0526. The first-order valence-corrected chi connectivity index (χ1v) is 9.10. The molecule has 138 valence electrons. The summed E-state index contributed by atoms with van der Waals surface area (Å²) in [6.45, 7) is 7.82. The topological polar surface area (TPSA) is 89.0 Å². The molecule has 3 aromatic rings. The molecule has 26 heavy (non-hydrogen) atoms. The number of hydrogen-bond donors (Lipinski definition) is 2. The summed E-state index contributed by atoms with van der Waals surface area (Å²) >= 11 is 3.47. The van der Waals surface area contributed by atoms with E-state index in [1.807, 2.05) is 18.2 Å². The first-order valence-electron chi connectivity index (χ1n) is 8.31. The molecule has 0 saturated heterocycles. The number of H-pyrrole nitrogens is 1. The monoisotopic (exact) mass is 420 g/mol. The molecule has 0 unspecified atom stereocenters. The van der Waals surface area contributed by atoms with E-state index in [2.05, 4.69) is 31.4 Å². The van der Waals surface area contributed by atoms with Crippen molar-refractivity contribution in [1.82, 2.24) is 20.1 Å². The summed E-state index contributed by atoms with van der Waals surface area (Å²) in [6.07, 6.45) is -0.502. The van der Waals surface area contributed by atoms with E-state index in [-0.39, 0.29) is 12.1 Å². The highest BCUT2D eigenvalue weighted by Gasteiger charge is 2.17. The molecule has 1 amide bonds. The van der Waals surface area contributed by atoms with E-state index in [1.165, 1.54) is 0 Å². The zero-order valence-corrected chi connectivity index (χ0v) is 16.7. The second-order valence-corrected chi connectivity index (χ2v) is 8.02. The number of rotatable bonds is 3. The molecule has 1 aromatic carbocycles. The van der Waals surface area contributed by atoms with Gasteiger partial charge >= 0.3 is 6.09 Å². The van der Waals surface area contributed by atoms with Gasteiger partial charge in [0.2, 0.25) is 0 Å². The quantitative estimate of drug-likeness (QED) is 0.678. The number of fused-ring (bicyclic) bond motifs is 3. The van der Waals surface area contributed by atoms with Gasteiger partial charge in [-0.15, -0.1) is 0 Å². The Kier molecular flexibility index (Phi) is 4.79. The predicted octanol–water partition coefficient (Wildman–Crippen LogP) is 3.47. The van der Waals surface area contributed by atoms with Gasteiger partial charge in [0, 0.05) is 22.9 Å². The third-order valence-electron chi connectivity index (χ3n) is 3.93. The van der Waals surface area contributed by atoms with Crippen molar-refractivity contribution in [3.05, 3.63) is 38.7 Å². The average molecular weight is 421 g/mol. The number of nitrogens with zero attached hydrogens (tertiary/aromatic N) is 2. The third kappa shape index (κ3) is 3.60. The minimum atomic E-state index is -0.563.